The van der Waals surface area contributed by atoms with E-state index in [-0.39, 0.29) is 9.79 Å². The molecule has 0 saturated carbocycles. The third kappa shape index (κ3) is 2.82. The molecule has 0 unspecified atom stereocenters. The zero-order valence-corrected chi connectivity index (χ0v) is 17.0. The molecule has 0 spiro atoms. The minimum atomic E-state index is -4.43. The topological polar surface area (TPSA) is 109 Å². The van der Waals surface area contributed by atoms with Crippen molar-refractivity contribution in [2.75, 3.05) is 0 Å². The van der Waals surface area contributed by atoms with Crippen LogP contribution in [-0.4, -0.2) is 25.9 Å². The van der Waals surface area contributed by atoms with Crippen LogP contribution in [0.5, 0.6) is 0 Å². The zero-order chi connectivity index (χ0) is 20.6. The maximum atomic E-state index is 11.9. The fourth-order valence-electron chi connectivity index (χ4n) is 3.74. The summed E-state index contributed by atoms with van der Waals surface area (Å²) in [6, 6.07) is 16.5. The van der Waals surface area contributed by atoms with Crippen LogP contribution in [0.3, 0.4) is 0 Å². The highest BCUT2D eigenvalue weighted by atomic mass is 32.2. The van der Waals surface area contributed by atoms with Crippen molar-refractivity contribution in [1.29, 1.82) is 0 Å². The van der Waals surface area contributed by atoms with Crippen LogP contribution < -0.4 is 0 Å². The summed E-state index contributed by atoms with van der Waals surface area (Å²) in [5.41, 5.74) is 0. The van der Waals surface area contributed by atoms with Crippen LogP contribution in [0.15, 0.2) is 70.5 Å². The summed E-state index contributed by atoms with van der Waals surface area (Å²) in [5.74, 6) is 0. The standard InChI is InChI=1S/C20H12O6S3/c21-28(22,23)12-7-5-11-6-8-15-19-14-4-2-1-3-13(14)18(29(24,25)26)10-17(19)27-20(15)16(11)9-12/h1-10H,(H,21,22,23)(H,24,25,26). The van der Waals surface area contributed by atoms with E-state index >= 15 is 0 Å². The zero-order valence-electron chi connectivity index (χ0n) is 14.5. The predicted octanol–water partition coefficient (Wildman–Crippen LogP) is 4.85. The highest BCUT2D eigenvalue weighted by Gasteiger charge is 2.20. The van der Waals surface area contributed by atoms with Crippen molar-refractivity contribution in [2.24, 2.45) is 0 Å². The number of benzene rings is 4. The lowest BCUT2D eigenvalue weighted by atomic mass is 10.0. The van der Waals surface area contributed by atoms with Gasteiger partial charge in [-0.2, -0.15) is 16.8 Å². The van der Waals surface area contributed by atoms with E-state index in [1.807, 2.05) is 12.1 Å². The Labute approximate surface area is 169 Å². The molecule has 0 amide bonds. The van der Waals surface area contributed by atoms with Gasteiger partial charge < -0.3 is 0 Å². The monoisotopic (exact) mass is 444 g/mol. The van der Waals surface area contributed by atoms with E-state index in [4.69, 9.17) is 0 Å². The number of rotatable bonds is 2. The Kier molecular flexibility index (Phi) is 3.80. The first-order valence-corrected chi connectivity index (χ1v) is 12.1. The molecule has 1 heterocycles. The van der Waals surface area contributed by atoms with Gasteiger partial charge in [0.1, 0.15) is 4.90 Å². The second-order valence-electron chi connectivity index (χ2n) is 6.67. The van der Waals surface area contributed by atoms with Gasteiger partial charge in [0.2, 0.25) is 0 Å². The average Bonchev–Trinajstić information content (AvgIpc) is 3.04. The Morgan fingerprint density at radius 2 is 1.38 bits per heavy atom. The molecule has 29 heavy (non-hydrogen) atoms. The van der Waals surface area contributed by atoms with Gasteiger partial charge >= 0.3 is 0 Å². The van der Waals surface area contributed by atoms with Crippen LogP contribution in [-0.2, 0) is 20.2 Å². The highest BCUT2D eigenvalue weighted by molar-refractivity contribution is 7.86. The first-order chi connectivity index (χ1) is 13.6. The Bertz CT molecular complexity index is 1700. The van der Waals surface area contributed by atoms with E-state index in [9.17, 15) is 25.9 Å². The molecule has 146 valence electrons. The maximum absolute atomic E-state index is 11.9. The lowest BCUT2D eigenvalue weighted by molar-refractivity contribution is 0.481. The van der Waals surface area contributed by atoms with Gasteiger partial charge in [0.15, 0.2) is 0 Å². The molecule has 0 radical (unpaired) electrons. The summed E-state index contributed by atoms with van der Waals surface area (Å²) >= 11 is 1.30. The average molecular weight is 445 g/mol. The van der Waals surface area contributed by atoms with E-state index in [1.165, 1.54) is 29.5 Å². The number of hydrogen-bond donors (Lipinski definition) is 2. The molecule has 5 aromatic rings. The molecule has 9 heteroatoms. The van der Waals surface area contributed by atoms with E-state index in [0.717, 1.165) is 20.9 Å². The van der Waals surface area contributed by atoms with Gasteiger partial charge in [0, 0.05) is 30.9 Å². The Morgan fingerprint density at radius 1 is 0.690 bits per heavy atom. The molecule has 4 aromatic carbocycles. The Morgan fingerprint density at radius 3 is 2.07 bits per heavy atom. The number of thiophene rings is 1. The predicted molar refractivity (Wildman–Crippen MR) is 114 cm³/mol. The van der Waals surface area contributed by atoms with Crippen LogP contribution >= 0.6 is 11.3 Å². The van der Waals surface area contributed by atoms with Gasteiger partial charge in [-0.15, -0.1) is 11.3 Å². The second kappa shape index (κ2) is 5.97. The van der Waals surface area contributed by atoms with Crippen LogP contribution in [0.2, 0.25) is 0 Å². The number of hydrogen-bond acceptors (Lipinski definition) is 5. The first kappa shape index (κ1) is 18.5. The molecule has 0 atom stereocenters. The van der Waals surface area contributed by atoms with Crippen LogP contribution in [0.1, 0.15) is 0 Å². The second-order valence-corrected chi connectivity index (χ2v) is 10.5. The molecule has 0 aliphatic carbocycles. The third-order valence-corrected chi connectivity index (χ3v) is 7.90. The largest absolute Gasteiger partial charge is 0.295 e. The highest BCUT2D eigenvalue weighted by Crippen LogP contribution is 2.43. The fourth-order valence-corrected chi connectivity index (χ4v) is 6.33. The normalized spacial score (nSPS) is 13.0. The van der Waals surface area contributed by atoms with Crippen molar-refractivity contribution in [1.82, 2.24) is 0 Å². The molecule has 1 aromatic heterocycles. The summed E-state index contributed by atoms with van der Waals surface area (Å²) in [7, 11) is -8.79. The molecule has 0 bridgehead atoms. The lowest BCUT2D eigenvalue weighted by Gasteiger charge is -2.06. The number of fused-ring (bicyclic) bond motifs is 7. The smallest absolute Gasteiger partial charge is 0.282 e. The molecular weight excluding hydrogens is 432 g/mol. The summed E-state index contributed by atoms with van der Waals surface area (Å²) in [6.45, 7) is 0. The quantitative estimate of drug-likeness (QED) is 0.377. The van der Waals surface area contributed by atoms with E-state index in [0.29, 0.717) is 20.9 Å². The van der Waals surface area contributed by atoms with Gasteiger partial charge in [0.05, 0.1) is 4.90 Å². The van der Waals surface area contributed by atoms with Crippen molar-refractivity contribution in [3.8, 4) is 0 Å². The maximum Gasteiger partial charge on any atom is 0.295 e. The fraction of sp³-hybridized carbons (Fsp3) is 0. The first-order valence-electron chi connectivity index (χ1n) is 8.40. The van der Waals surface area contributed by atoms with Crippen molar-refractivity contribution < 1.29 is 25.9 Å². The van der Waals surface area contributed by atoms with E-state index in [2.05, 4.69) is 0 Å². The van der Waals surface area contributed by atoms with Crippen molar-refractivity contribution in [3.63, 3.8) is 0 Å². The molecule has 0 fully saturated rings. The van der Waals surface area contributed by atoms with Crippen molar-refractivity contribution in [2.45, 2.75) is 9.79 Å². The van der Waals surface area contributed by atoms with E-state index in [1.54, 1.807) is 30.3 Å². The van der Waals surface area contributed by atoms with Gasteiger partial charge in [-0.1, -0.05) is 42.5 Å². The van der Waals surface area contributed by atoms with Crippen molar-refractivity contribution in [3.05, 3.63) is 60.7 Å². The van der Waals surface area contributed by atoms with Gasteiger partial charge in [0.25, 0.3) is 20.2 Å². The minimum absolute atomic E-state index is 0.171. The summed E-state index contributed by atoms with van der Waals surface area (Å²) in [4.78, 5) is -0.381. The van der Waals surface area contributed by atoms with Crippen LogP contribution in [0.4, 0.5) is 0 Å². The molecule has 0 aliphatic rings. The van der Waals surface area contributed by atoms with Crippen molar-refractivity contribution >= 4 is 73.3 Å². The molecule has 5 rings (SSSR count). The van der Waals surface area contributed by atoms with Gasteiger partial charge in [-0.3, -0.25) is 9.11 Å². The van der Waals surface area contributed by atoms with Gasteiger partial charge in [-0.05, 0) is 29.0 Å². The minimum Gasteiger partial charge on any atom is -0.282 e. The Balaban J connectivity index is 2.03. The third-order valence-electron chi connectivity index (χ3n) is 4.97. The lowest BCUT2D eigenvalue weighted by Crippen LogP contribution is -1.99. The summed E-state index contributed by atoms with van der Waals surface area (Å²) in [5, 5.41) is 4.17. The van der Waals surface area contributed by atoms with Crippen LogP contribution in [0.25, 0.3) is 41.7 Å². The summed E-state index contributed by atoms with van der Waals surface area (Å²) in [6.07, 6.45) is 0. The molecular formula is C20H12O6S3. The van der Waals surface area contributed by atoms with Gasteiger partial charge in [-0.25, -0.2) is 0 Å². The molecule has 2 N–H and O–H groups in total. The molecule has 0 saturated heterocycles. The summed E-state index contributed by atoms with van der Waals surface area (Å²) < 4.78 is 67.6. The SMILES string of the molecule is O=S(=O)(O)c1ccc2ccc3c(sc4cc(S(=O)(=O)O)c5ccccc5c43)c2c1. The molecule has 0 aliphatic heterocycles. The van der Waals surface area contributed by atoms with E-state index < -0.39 is 20.2 Å². The Hall–Kier alpha value is -2.56. The molecule has 6 nitrogen and oxygen atoms in total. The van der Waals surface area contributed by atoms with Crippen LogP contribution in [0, 0.1) is 0 Å².